The quantitative estimate of drug-likeness (QED) is 0.253. The molecule has 7 heteroatoms. The van der Waals surface area contributed by atoms with Crippen molar-refractivity contribution in [1.29, 1.82) is 0 Å². The average molecular weight is 372 g/mol. The predicted molar refractivity (Wildman–Crippen MR) is 103 cm³/mol. The smallest absolute Gasteiger partial charge is 0.270 e. The first-order valence-corrected chi connectivity index (χ1v) is 8.94. The lowest BCUT2D eigenvalue weighted by Crippen LogP contribution is -2.51. The molecule has 1 atom stereocenters. The Labute approximate surface area is 158 Å². The number of rotatable bonds is 8. The number of thiocarbonyl (C=S) groups is 1. The van der Waals surface area contributed by atoms with Gasteiger partial charge in [-0.3, -0.25) is 14.9 Å². The molecule has 0 saturated heterocycles. The van der Waals surface area contributed by atoms with Crippen molar-refractivity contribution < 1.29 is 14.3 Å². The van der Waals surface area contributed by atoms with Gasteiger partial charge in [0.25, 0.3) is 11.7 Å². The van der Waals surface area contributed by atoms with Crippen molar-refractivity contribution in [2.24, 2.45) is 0 Å². The van der Waals surface area contributed by atoms with Gasteiger partial charge in [0.1, 0.15) is 0 Å². The number of Topliss-reactive ketones (excluding diaryl/α,β-unsaturated/α-hetero) is 1. The Morgan fingerprint density at radius 2 is 1.96 bits per heavy atom. The summed E-state index contributed by atoms with van der Waals surface area (Å²) in [7, 11) is 0. The zero-order valence-electron chi connectivity index (χ0n) is 14.8. The fourth-order valence-electron chi connectivity index (χ4n) is 2.69. The standard InChI is InChI=1S/C19H21N3O3S/c1-3-6-14-9-11-21(12-10-14)17(19(26)20-4-2)18(23)15-7-5-8-16(13-15)22(24)25/h5,7-13,17H,3-4,6H2,1-2H3/p+1/t17-/m1/s1. The van der Waals surface area contributed by atoms with E-state index in [1.807, 2.05) is 31.5 Å². The molecule has 136 valence electrons. The Hall–Kier alpha value is -2.67. The van der Waals surface area contributed by atoms with Gasteiger partial charge < -0.3 is 5.32 Å². The van der Waals surface area contributed by atoms with Gasteiger partial charge in [-0.15, -0.1) is 0 Å². The molecule has 1 N–H and O–H groups in total. The van der Waals surface area contributed by atoms with Crippen LogP contribution in [0.25, 0.3) is 0 Å². The molecule has 0 aliphatic carbocycles. The number of carbonyl (C=O) groups is 1. The van der Waals surface area contributed by atoms with Crippen LogP contribution in [0.15, 0.2) is 48.8 Å². The predicted octanol–water partition coefficient (Wildman–Crippen LogP) is 3.20. The number of hydrogen-bond donors (Lipinski definition) is 1. The Kier molecular flexibility index (Phi) is 6.91. The second-order valence-electron chi connectivity index (χ2n) is 5.87. The van der Waals surface area contributed by atoms with E-state index in [4.69, 9.17) is 12.2 Å². The minimum atomic E-state index is -0.748. The fourth-order valence-corrected chi connectivity index (χ4v) is 3.06. The number of nitrogens with one attached hydrogen (secondary N) is 1. The average Bonchev–Trinajstić information content (AvgIpc) is 2.64. The summed E-state index contributed by atoms with van der Waals surface area (Å²) in [5.74, 6) is -0.284. The monoisotopic (exact) mass is 372 g/mol. The van der Waals surface area contributed by atoms with E-state index in [1.54, 1.807) is 10.6 Å². The third-order valence-electron chi connectivity index (χ3n) is 3.95. The van der Waals surface area contributed by atoms with E-state index in [2.05, 4.69) is 12.2 Å². The topological polar surface area (TPSA) is 76.1 Å². The highest BCUT2D eigenvalue weighted by atomic mass is 32.1. The number of hydrogen-bond acceptors (Lipinski definition) is 4. The molecule has 2 aromatic rings. The normalized spacial score (nSPS) is 11.6. The molecule has 1 aromatic carbocycles. The van der Waals surface area contributed by atoms with Gasteiger partial charge in [-0.1, -0.05) is 37.7 Å². The van der Waals surface area contributed by atoms with Gasteiger partial charge in [0.15, 0.2) is 17.4 Å². The van der Waals surface area contributed by atoms with Crippen LogP contribution >= 0.6 is 12.2 Å². The molecule has 1 aromatic heterocycles. The lowest BCUT2D eigenvalue weighted by molar-refractivity contribution is -0.692. The second kappa shape index (κ2) is 9.15. The fraction of sp³-hybridized carbons (Fsp3) is 0.316. The molecule has 0 aliphatic heterocycles. The lowest BCUT2D eigenvalue weighted by Gasteiger charge is -2.14. The van der Waals surface area contributed by atoms with E-state index in [-0.39, 0.29) is 17.0 Å². The molecule has 0 radical (unpaired) electrons. The zero-order valence-corrected chi connectivity index (χ0v) is 15.7. The summed E-state index contributed by atoms with van der Waals surface area (Å²) in [6.45, 7) is 4.60. The van der Waals surface area contributed by atoms with Crippen LogP contribution < -0.4 is 9.88 Å². The summed E-state index contributed by atoms with van der Waals surface area (Å²) in [4.78, 5) is 24.0. The maximum Gasteiger partial charge on any atom is 0.270 e. The number of carbonyl (C=O) groups excluding carboxylic acids is 1. The molecule has 0 bridgehead atoms. The molecule has 6 nitrogen and oxygen atoms in total. The van der Waals surface area contributed by atoms with Gasteiger partial charge in [0.05, 0.1) is 4.92 Å². The molecule has 2 rings (SSSR count). The molecular weight excluding hydrogens is 350 g/mol. The van der Waals surface area contributed by atoms with Gasteiger partial charge in [-0.2, -0.15) is 4.57 Å². The van der Waals surface area contributed by atoms with E-state index in [0.29, 0.717) is 11.5 Å². The van der Waals surface area contributed by atoms with Crippen LogP contribution in [0.3, 0.4) is 0 Å². The number of aromatic nitrogens is 1. The minimum Gasteiger partial charge on any atom is -0.374 e. The minimum absolute atomic E-state index is 0.118. The maximum atomic E-state index is 13.1. The number of pyridine rings is 1. The van der Waals surface area contributed by atoms with Crippen LogP contribution in [-0.2, 0) is 6.42 Å². The summed E-state index contributed by atoms with van der Waals surface area (Å²) in [6.07, 6.45) is 5.65. The SMILES string of the molecule is CCCc1cc[n+]([C@H](C(=O)c2cccc([N+](=O)[O-])c2)C(=S)NCC)cc1. The van der Waals surface area contributed by atoms with E-state index in [1.165, 1.54) is 23.8 Å². The van der Waals surface area contributed by atoms with Crippen LogP contribution in [-0.4, -0.2) is 22.2 Å². The van der Waals surface area contributed by atoms with E-state index in [9.17, 15) is 14.9 Å². The Bertz CT molecular complexity index is 806. The van der Waals surface area contributed by atoms with Gasteiger partial charge in [-0.05, 0) is 18.9 Å². The highest BCUT2D eigenvalue weighted by Crippen LogP contribution is 2.17. The molecule has 0 aliphatic rings. The van der Waals surface area contributed by atoms with E-state index < -0.39 is 11.0 Å². The van der Waals surface area contributed by atoms with Crippen molar-refractivity contribution in [3.05, 3.63) is 70.0 Å². The van der Waals surface area contributed by atoms with Crippen molar-refractivity contribution in [2.75, 3.05) is 6.54 Å². The molecule has 0 unspecified atom stereocenters. The second-order valence-corrected chi connectivity index (χ2v) is 6.31. The lowest BCUT2D eigenvalue weighted by atomic mass is 10.0. The van der Waals surface area contributed by atoms with Crippen molar-refractivity contribution in [3.8, 4) is 0 Å². The molecule has 1 heterocycles. The summed E-state index contributed by atoms with van der Waals surface area (Å²) >= 11 is 5.41. The van der Waals surface area contributed by atoms with Crippen LogP contribution in [0.5, 0.6) is 0 Å². The van der Waals surface area contributed by atoms with E-state index in [0.717, 1.165) is 12.8 Å². The van der Waals surface area contributed by atoms with Crippen molar-refractivity contribution in [2.45, 2.75) is 32.7 Å². The number of benzene rings is 1. The van der Waals surface area contributed by atoms with Crippen LogP contribution in [0.1, 0.15) is 42.2 Å². The van der Waals surface area contributed by atoms with Gasteiger partial charge >= 0.3 is 0 Å². The van der Waals surface area contributed by atoms with Gasteiger partial charge in [0, 0.05) is 36.4 Å². The number of nitro benzene ring substituents is 1. The maximum absolute atomic E-state index is 13.1. The third-order valence-corrected chi connectivity index (χ3v) is 4.32. The van der Waals surface area contributed by atoms with Crippen molar-refractivity contribution >= 4 is 28.7 Å². The number of likely N-dealkylation sites (N-methyl/N-ethyl adjacent to an activating group) is 1. The first-order chi connectivity index (χ1) is 12.5. The van der Waals surface area contributed by atoms with Gasteiger partial charge in [-0.25, -0.2) is 0 Å². The highest BCUT2D eigenvalue weighted by Gasteiger charge is 2.33. The van der Waals surface area contributed by atoms with Crippen LogP contribution in [0.4, 0.5) is 5.69 Å². The summed E-state index contributed by atoms with van der Waals surface area (Å²) in [6, 6.07) is 8.91. The highest BCUT2D eigenvalue weighted by molar-refractivity contribution is 7.80. The first kappa shape index (κ1) is 19.7. The summed E-state index contributed by atoms with van der Waals surface area (Å²) in [5.41, 5.74) is 1.32. The Balaban J connectivity index is 2.40. The Morgan fingerprint density at radius 1 is 1.27 bits per heavy atom. The number of nitro groups is 1. The summed E-state index contributed by atoms with van der Waals surface area (Å²) in [5, 5.41) is 14.0. The van der Waals surface area contributed by atoms with Crippen molar-refractivity contribution in [3.63, 3.8) is 0 Å². The molecule has 0 fully saturated rings. The van der Waals surface area contributed by atoms with Crippen molar-refractivity contribution in [1.82, 2.24) is 5.32 Å². The third kappa shape index (κ3) is 4.70. The van der Waals surface area contributed by atoms with Crippen LogP contribution in [0.2, 0.25) is 0 Å². The Morgan fingerprint density at radius 3 is 2.54 bits per heavy atom. The first-order valence-electron chi connectivity index (χ1n) is 8.54. The number of ketones is 1. The molecule has 0 spiro atoms. The molecule has 0 amide bonds. The molecule has 0 saturated carbocycles. The zero-order chi connectivity index (χ0) is 19.1. The number of nitrogens with zero attached hydrogens (tertiary/aromatic N) is 2. The summed E-state index contributed by atoms with van der Waals surface area (Å²) < 4.78 is 1.74. The number of aryl methyl sites for hydroxylation is 1. The van der Waals surface area contributed by atoms with Gasteiger partial charge in [0.2, 0.25) is 5.78 Å². The number of non-ortho nitro benzene ring substituents is 1. The molecule has 26 heavy (non-hydrogen) atoms. The largest absolute Gasteiger partial charge is 0.374 e. The molecular formula is C19H22N3O3S+. The van der Waals surface area contributed by atoms with E-state index >= 15 is 0 Å². The van der Waals surface area contributed by atoms with Crippen LogP contribution in [0, 0.1) is 10.1 Å².